The fraction of sp³-hybridized carbons (Fsp3) is 0.800. The Morgan fingerprint density at radius 3 is 2.43 bits per heavy atom. The number of amides is 2. The average molecular weight is 507 g/mol. The van der Waals surface area contributed by atoms with Crippen molar-refractivity contribution in [1.29, 1.82) is 0 Å². The summed E-state index contributed by atoms with van der Waals surface area (Å²) in [4.78, 5) is 44.5. The van der Waals surface area contributed by atoms with Crippen LogP contribution in [0.15, 0.2) is 10.6 Å². The second kappa shape index (κ2) is 10.0. The summed E-state index contributed by atoms with van der Waals surface area (Å²) in [6.07, 6.45) is 5.83. The molecule has 4 saturated heterocycles. The molecule has 194 valence electrons. The highest BCUT2D eigenvalue weighted by Gasteiger charge is 2.60. The smallest absolute Gasteiger partial charge is 0.353 e. The highest BCUT2D eigenvalue weighted by molar-refractivity contribution is 8.03. The average Bonchev–Trinajstić information content (AvgIpc) is 3.41. The first-order valence-electron chi connectivity index (χ1n) is 13.2. The first-order chi connectivity index (χ1) is 16.8. The van der Waals surface area contributed by atoms with E-state index >= 15 is 0 Å². The molecule has 5 aliphatic rings. The van der Waals surface area contributed by atoms with Crippen LogP contribution in [0.3, 0.4) is 0 Å². The van der Waals surface area contributed by atoms with Crippen molar-refractivity contribution < 1.29 is 24.6 Å². The lowest BCUT2D eigenvalue weighted by Gasteiger charge is -2.46. The van der Waals surface area contributed by atoms with Gasteiger partial charge in [-0.2, -0.15) is 0 Å². The Labute approximate surface area is 211 Å². The van der Waals surface area contributed by atoms with Crippen LogP contribution in [0.25, 0.3) is 0 Å². The van der Waals surface area contributed by atoms with E-state index in [-0.39, 0.29) is 40.8 Å². The number of aliphatic hydroxyl groups excluding tert-OH is 1. The Morgan fingerprint density at radius 1 is 1.11 bits per heavy atom. The fourth-order valence-corrected chi connectivity index (χ4v) is 8.27. The van der Waals surface area contributed by atoms with Gasteiger partial charge in [0.15, 0.2) is 0 Å². The molecule has 2 amide bonds. The topological polar surface area (TPSA) is 113 Å². The molecule has 5 heterocycles. The van der Waals surface area contributed by atoms with E-state index in [9.17, 15) is 24.6 Å². The van der Waals surface area contributed by atoms with E-state index < -0.39 is 18.0 Å². The summed E-state index contributed by atoms with van der Waals surface area (Å²) in [6, 6.07) is 0.0561. The van der Waals surface area contributed by atoms with Gasteiger partial charge in [-0.1, -0.05) is 13.3 Å². The highest BCUT2D eigenvalue weighted by atomic mass is 32.2. The molecule has 0 unspecified atom stereocenters. The van der Waals surface area contributed by atoms with Crippen molar-refractivity contribution in [3.63, 3.8) is 0 Å². The van der Waals surface area contributed by atoms with Crippen molar-refractivity contribution in [2.45, 2.75) is 81.9 Å². The lowest BCUT2D eigenvalue weighted by atomic mass is 9.79. The minimum absolute atomic E-state index is 0.0592. The molecule has 4 fully saturated rings. The van der Waals surface area contributed by atoms with Crippen LogP contribution in [-0.4, -0.2) is 105 Å². The van der Waals surface area contributed by atoms with Crippen LogP contribution in [0.1, 0.15) is 52.4 Å². The third kappa shape index (κ3) is 4.51. The molecule has 0 saturated carbocycles. The third-order valence-electron chi connectivity index (χ3n) is 8.68. The molecule has 9 nitrogen and oxygen atoms in total. The number of nitrogens with zero attached hydrogens (tertiary/aromatic N) is 3. The predicted octanol–water partition coefficient (Wildman–Crippen LogP) is 1.08. The normalized spacial score (nSPS) is 35.3. The van der Waals surface area contributed by atoms with Crippen LogP contribution in [0.2, 0.25) is 0 Å². The summed E-state index contributed by atoms with van der Waals surface area (Å²) in [5.41, 5.74) is 0.0592. The fourth-order valence-electron chi connectivity index (χ4n) is 6.79. The largest absolute Gasteiger partial charge is 0.477 e. The van der Waals surface area contributed by atoms with Gasteiger partial charge in [0, 0.05) is 41.7 Å². The number of aliphatic hydroxyl groups is 1. The number of carbonyl (C=O) groups excluding carboxylic acids is 2. The molecular formula is C25H38N4O5S. The number of carboxylic acids is 1. The zero-order chi connectivity index (χ0) is 24.9. The second-order valence-corrected chi connectivity index (χ2v) is 12.2. The Morgan fingerprint density at radius 2 is 1.80 bits per heavy atom. The molecule has 0 radical (unpaired) electrons. The third-order valence-corrected chi connectivity index (χ3v) is 10.2. The highest BCUT2D eigenvalue weighted by Crippen LogP contribution is 2.51. The predicted molar refractivity (Wildman–Crippen MR) is 132 cm³/mol. The van der Waals surface area contributed by atoms with Crippen molar-refractivity contribution in [2.24, 2.45) is 11.8 Å². The van der Waals surface area contributed by atoms with Crippen molar-refractivity contribution in [3.8, 4) is 0 Å². The molecule has 35 heavy (non-hydrogen) atoms. The molecule has 5 aliphatic heterocycles. The maximum absolute atomic E-state index is 13.2. The Balaban J connectivity index is 1.18. The monoisotopic (exact) mass is 506 g/mol. The van der Waals surface area contributed by atoms with Crippen LogP contribution in [-0.2, 0) is 14.4 Å². The van der Waals surface area contributed by atoms with Crippen LogP contribution >= 0.6 is 11.8 Å². The number of nitrogens with one attached hydrogen (secondary N) is 1. The Bertz CT molecular complexity index is 896. The molecule has 0 aromatic heterocycles. The van der Waals surface area contributed by atoms with Crippen molar-refractivity contribution in [1.82, 2.24) is 20.0 Å². The summed E-state index contributed by atoms with van der Waals surface area (Å²) in [7, 11) is 0. The van der Waals surface area contributed by atoms with Crippen LogP contribution in [0.5, 0.6) is 0 Å². The van der Waals surface area contributed by atoms with Crippen LogP contribution in [0.4, 0.5) is 0 Å². The number of carboxylic acid groups (broad SMARTS) is 1. The standard InChI is InChI=1S/C25H38N4O5S/c1-14-20-19(15(2)30)24(32)29(20)21(25(33)34)22(14)35-17-12-18(26-13-17)23(31)28-10-6-16(7-11-28)27-8-4-3-5-9-27/h14-20,26,30H,3-13H2,1-2H3,(H,33,34)/t14-,15-,17+,18+,19-,20-/m1/s1. The number of fused-ring (bicyclic) bond motifs is 1. The van der Waals surface area contributed by atoms with Gasteiger partial charge in [0.25, 0.3) is 0 Å². The van der Waals surface area contributed by atoms with E-state index in [0.29, 0.717) is 23.9 Å². The maximum Gasteiger partial charge on any atom is 0.353 e. The van der Waals surface area contributed by atoms with Crippen LogP contribution in [0, 0.1) is 11.8 Å². The van der Waals surface area contributed by atoms with Crippen LogP contribution < -0.4 is 5.32 Å². The molecule has 6 atom stereocenters. The first kappa shape index (κ1) is 25.0. The summed E-state index contributed by atoms with van der Waals surface area (Å²) in [5.74, 6) is -1.96. The number of hydrogen-bond acceptors (Lipinski definition) is 7. The number of hydrogen-bond donors (Lipinski definition) is 3. The van der Waals surface area contributed by atoms with Gasteiger partial charge in [0.1, 0.15) is 5.70 Å². The SMILES string of the molecule is C[C@@H](O)[C@H]1C(=O)N2C(C(=O)O)=C(S[C@@H]3CN[C@H](C(=O)N4CCC(N5CCCCC5)CC4)C3)[C@H](C)[C@H]12. The summed E-state index contributed by atoms with van der Waals surface area (Å²) in [5, 5.41) is 23.3. The Kier molecular flexibility index (Phi) is 7.18. The lowest BCUT2D eigenvalue weighted by Crippen LogP contribution is -2.63. The number of β-lactam (4-membered cyclic amide) rings is 1. The van der Waals surface area contributed by atoms with Crippen molar-refractivity contribution in [2.75, 3.05) is 32.7 Å². The number of aliphatic carboxylic acids is 1. The number of likely N-dealkylation sites (tertiary alicyclic amines) is 2. The molecule has 0 spiro atoms. The minimum Gasteiger partial charge on any atom is -0.477 e. The van der Waals surface area contributed by atoms with Gasteiger partial charge >= 0.3 is 5.97 Å². The molecule has 0 aromatic rings. The second-order valence-electron chi connectivity index (χ2n) is 10.9. The number of carbonyl (C=O) groups is 3. The quantitative estimate of drug-likeness (QED) is 0.459. The Hall–Kier alpha value is -1.62. The molecule has 3 N–H and O–H groups in total. The van der Waals surface area contributed by atoms with E-state index in [4.69, 9.17) is 0 Å². The molecule has 5 rings (SSSR count). The minimum atomic E-state index is -1.10. The number of rotatable bonds is 6. The van der Waals surface area contributed by atoms with Gasteiger partial charge in [-0.3, -0.25) is 9.59 Å². The van der Waals surface area contributed by atoms with Gasteiger partial charge in [-0.05, 0) is 52.1 Å². The van der Waals surface area contributed by atoms with Crippen molar-refractivity contribution in [3.05, 3.63) is 10.6 Å². The number of thioether (sulfide) groups is 1. The van der Waals surface area contributed by atoms with E-state index in [2.05, 4.69) is 10.2 Å². The molecule has 0 aliphatic carbocycles. The van der Waals surface area contributed by atoms with Crippen molar-refractivity contribution >= 4 is 29.5 Å². The van der Waals surface area contributed by atoms with Gasteiger partial charge < -0.3 is 30.2 Å². The van der Waals surface area contributed by atoms with E-state index in [1.807, 2.05) is 11.8 Å². The maximum atomic E-state index is 13.2. The van der Waals surface area contributed by atoms with Gasteiger partial charge in [0.05, 0.1) is 24.1 Å². The zero-order valence-electron chi connectivity index (χ0n) is 20.7. The summed E-state index contributed by atoms with van der Waals surface area (Å²) in [6.45, 7) is 8.15. The van der Waals surface area contributed by atoms with E-state index in [1.165, 1.54) is 49.0 Å². The molecule has 0 bridgehead atoms. The molecule has 0 aromatic carbocycles. The lowest BCUT2D eigenvalue weighted by molar-refractivity contribution is -0.163. The van der Waals surface area contributed by atoms with Gasteiger partial charge in [0.2, 0.25) is 11.8 Å². The molecular weight excluding hydrogens is 468 g/mol. The van der Waals surface area contributed by atoms with E-state index in [1.54, 1.807) is 6.92 Å². The van der Waals surface area contributed by atoms with E-state index in [0.717, 1.165) is 25.9 Å². The molecule has 10 heteroatoms. The number of piperidine rings is 2. The summed E-state index contributed by atoms with van der Waals surface area (Å²) < 4.78 is 0. The van der Waals surface area contributed by atoms with Gasteiger partial charge in [-0.15, -0.1) is 11.8 Å². The van der Waals surface area contributed by atoms with Gasteiger partial charge in [-0.25, -0.2) is 4.79 Å². The zero-order valence-corrected chi connectivity index (χ0v) is 21.5. The first-order valence-corrected chi connectivity index (χ1v) is 14.1. The summed E-state index contributed by atoms with van der Waals surface area (Å²) >= 11 is 1.49.